The fraction of sp³-hybridized carbons (Fsp3) is 0.111. The van der Waals surface area contributed by atoms with Gasteiger partial charge in [0.05, 0.1) is 17.6 Å². The van der Waals surface area contributed by atoms with Gasteiger partial charge in [0.2, 0.25) is 6.10 Å². The van der Waals surface area contributed by atoms with Crippen LogP contribution in [0.15, 0.2) is 66.2 Å². The number of carbonyl (C=O) groups excluding carboxylic acids is 1. The minimum absolute atomic E-state index is 0.272. The van der Waals surface area contributed by atoms with Gasteiger partial charge >= 0.3 is 0 Å². The second-order valence-electron chi connectivity index (χ2n) is 5.69. The number of hydrogen-bond donors (Lipinski definition) is 1. The number of anilines is 1. The summed E-state index contributed by atoms with van der Waals surface area (Å²) in [6.07, 6.45) is 4.48. The zero-order chi connectivity index (χ0) is 17.9. The van der Waals surface area contributed by atoms with Crippen LogP contribution in [0.25, 0.3) is 5.82 Å². The average Bonchev–Trinajstić information content (AvgIpc) is 3.35. The van der Waals surface area contributed by atoms with Crippen molar-refractivity contribution in [3.63, 3.8) is 0 Å². The third-order valence-corrected chi connectivity index (χ3v) is 3.87. The number of nitrogens with one attached hydrogen (secondary N) is 1. The summed E-state index contributed by atoms with van der Waals surface area (Å²) in [7, 11) is 0. The van der Waals surface area contributed by atoms with Crippen molar-refractivity contribution >= 4 is 17.3 Å². The van der Waals surface area contributed by atoms with E-state index in [0.717, 1.165) is 0 Å². The van der Waals surface area contributed by atoms with Gasteiger partial charge in [0.25, 0.3) is 5.91 Å². The van der Waals surface area contributed by atoms with Crippen molar-refractivity contribution in [2.45, 2.75) is 12.5 Å². The predicted molar refractivity (Wildman–Crippen MR) is 92.4 cm³/mol. The minimum atomic E-state index is -0.765. The lowest BCUT2D eigenvalue weighted by atomic mass is 10.0. The van der Waals surface area contributed by atoms with Gasteiger partial charge in [-0.15, -0.1) is 0 Å². The molecule has 8 heteroatoms. The normalized spacial score (nSPS) is 16.0. The quantitative estimate of drug-likeness (QED) is 0.783. The lowest BCUT2D eigenvalue weighted by molar-refractivity contribution is -0.125. The largest absolute Gasteiger partial charge is 0.382 e. The molecule has 2 aromatic heterocycles. The molecule has 0 radical (unpaired) electrons. The third kappa shape index (κ3) is 3.30. The van der Waals surface area contributed by atoms with Crippen LogP contribution in [0.3, 0.4) is 0 Å². The van der Waals surface area contributed by atoms with Gasteiger partial charge < -0.3 is 10.2 Å². The van der Waals surface area contributed by atoms with E-state index in [9.17, 15) is 9.18 Å². The number of hydrogen-bond acceptors (Lipinski definition) is 5. The standard InChI is InChI=1S/C18H14FN5O2/c19-13-4-1-3-12(9-13)15-10-16(26-23-15)18(25)22-14-5-6-17(20-11-14)24-8-2-7-21-24/h1-9,11,16H,10H2,(H,22,25)/t16-/m1/s1. The Morgan fingerprint density at radius 3 is 2.92 bits per heavy atom. The van der Waals surface area contributed by atoms with E-state index in [1.165, 1.54) is 18.3 Å². The SMILES string of the molecule is O=C(Nc1ccc(-n2cccn2)nc1)[C@H]1CC(c2cccc(F)c2)=NO1. The van der Waals surface area contributed by atoms with Crippen molar-refractivity contribution < 1.29 is 14.0 Å². The van der Waals surface area contributed by atoms with E-state index in [1.54, 1.807) is 47.4 Å². The van der Waals surface area contributed by atoms with E-state index in [-0.39, 0.29) is 18.1 Å². The molecule has 0 saturated carbocycles. The Kier molecular flexibility index (Phi) is 4.14. The maximum absolute atomic E-state index is 13.3. The Bertz CT molecular complexity index is 954. The smallest absolute Gasteiger partial charge is 0.268 e. The molecule has 1 atom stereocenters. The van der Waals surface area contributed by atoms with Gasteiger partial charge in [-0.1, -0.05) is 17.3 Å². The first-order valence-electron chi connectivity index (χ1n) is 7.94. The molecule has 0 bridgehead atoms. The Balaban J connectivity index is 1.39. The molecule has 26 heavy (non-hydrogen) atoms. The highest BCUT2D eigenvalue weighted by molar-refractivity contribution is 6.06. The monoisotopic (exact) mass is 351 g/mol. The first-order chi connectivity index (χ1) is 12.7. The lowest BCUT2D eigenvalue weighted by Gasteiger charge is -2.09. The fourth-order valence-electron chi connectivity index (χ4n) is 2.58. The molecular weight excluding hydrogens is 337 g/mol. The van der Waals surface area contributed by atoms with Crippen LogP contribution >= 0.6 is 0 Å². The molecule has 0 spiro atoms. The maximum Gasteiger partial charge on any atom is 0.268 e. The topological polar surface area (TPSA) is 81.4 Å². The van der Waals surface area contributed by atoms with Crippen LogP contribution in [0.1, 0.15) is 12.0 Å². The van der Waals surface area contributed by atoms with Gasteiger partial charge in [-0.05, 0) is 30.3 Å². The van der Waals surface area contributed by atoms with Crippen LogP contribution in [-0.2, 0) is 9.63 Å². The van der Waals surface area contributed by atoms with Crippen molar-refractivity contribution in [2.24, 2.45) is 5.16 Å². The summed E-state index contributed by atoms with van der Waals surface area (Å²) < 4.78 is 14.9. The first-order valence-corrected chi connectivity index (χ1v) is 7.94. The summed E-state index contributed by atoms with van der Waals surface area (Å²) >= 11 is 0. The summed E-state index contributed by atoms with van der Waals surface area (Å²) in [6.45, 7) is 0. The molecule has 7 nitrogen and oxygen atoms in total. The van der Waals surface area contributed by atoms with Gasteiger partial charge in [-0.3, -0.25) is 4.79 Å². The molecule has 0 aliphatic carbocycles. The second kappa shape index (κ2) is 6.75. The summed E-state index contributed by atoms with van der Waals surface area (Å²) in [5.41, 5.74) is 1.68. The van der Waals surface area contributed by atoms with Gasteiger partial charge in [0.1, 0.15) is 5.82 Å². The maximum atomic E-state index is 13.3. The molecule has 3 heterocycles. The number of amides is 1. The average molecular weight is 351 g/mol. The minimum Gasteiger partial charge on any atom is -0.382 e. The van der Waals surface area contributed by atoms with Crippen LogP contribution in [0.2, 0.25) is 0 Å². The third-order valence-electron chi connectivity index (χ3n) is 3.87. The Hall–Kier alpha value is -3.55. The summed E-state index contributed by atoms with van der Waals surface area (Å²) in [5, 5.41) is 10.7. The van der Waals surface area contributed by atoms with Gasteiger partial charge in [0, 0.05) is 24.4 Å². The van der Waals surface area contributed by atoms with E-state index in [0.29, 0.717) is 22.8 Å². The van der Waals surface area contributed by atoms with Gasteiger partial charge in [0.15, 0.2) is 5.82 Å². The van der Waals surface area contributed by atoms with Crippen LogP contribution in [0, 0.1) is 5.82 Å². The van der Waals surface area contributed by atoms with Crippen molar-refractivity contribution in [3.05, 3.63) is 72.4 Å². The molecule has 1 amide bonds. The fourth-order valence-corrected chi connectivity index (χ4v) is 2.58. The lowest BCUT2D eigenvalue weighted by Crippen LogP contribution is -2.28. The number of benzene rings is 1. The van der Waals surface area contributed by atoms with Crippen LogP contribution in [0.5, 0.6) is 0 Å². The predicted octanol–water partition coefficient (Wildman–Crippen LogP) is 2.54. The Morgan fingerprint density at radius 1 is 1.27 bits per heavy atom. The molecule has 4 rings (SSSR count). The van der Waals surface area contributed by atoms with E-state index in [2.05, 4.69) is 20.6 Å². The van der Waals surface area contributed by atoms with Crippen LogP contribution in [-0.4, -0.2) is 32.5 Å². The molecule has 0 fully saturated rings. The summed E-state index contributed by atoms with van der Waals surface area (Å²) in [6, 6.07) is 11.3. The van der Waals surface area contributed by atoms with E-state index >= 15 is 0 Å². The molecule has 130 valence electrons. The molecule has 1 aromatic carbocycles. The number of carbonyl (C=O) groups is 1. The van der Waals surface area contributed by atoms with Crippen LogP contribution in [0.4, 0.5) is 10.1 Å². The van der Waals surface area contributed by atoms with Gasteiger partial charge in [-0.2, -0.15) is 5.10 Å². The zero-order valence-electron chi connectivity index (χ0n) is 13.5. The number of halogens is 1. The summed E-state index contributed by atoms with van der Waals surface area (Å²) in [5.74, 6) is -0.0583. The van der Waals surface area contributed by atoms with E-state index < -0.39 is 6.10 Å². The number of oxime groups is 1. The van der Waals surface area contributed by atoms with Crippen molar-refractivity contribution in [1.82, 2.24) is 14.8 Å². The zero-order valence-corrected chi connectivity index (χ0v) is 13.5. The molecule has 1 N–H and O–H groups in total. The van der Waals surface area contributed by atoms with E-state index in [4.69, 9.17) is 4.84 Å². The highest BCUT2D eigenvalue weighted by atomic mass is 19.1. The van der Waals surface area contributed by atoms with E-state index in [1.807, 2.05) is 0 Å². The van der Waals surface area contributed by atoms with Crippen molar-refractivity contribution in [3.8, 4) is 5.82 Å². The second-order valence-corrected chi connectivity index (χ2v) is 5.69. The molecule has 1 aliphatic rings. The van der Waals surface area contributed by atoms with Crippen molar-refractivity contribution in [1.29, 1.82) is 0 Å². The van der Waals surface area contributed by atoms with Crippen LogP contribution < -0.4 is 5.32 Å². The van der Waals surface area contributed by atoms with Gasteiger partial charge in [-0.25, -0.2) is 14.1 Å². The molecule has 0 unspecified atom stereocenters. The number of aromatic nitrogens is 3. The Morgan fingerprint density at radius 2 is 2.19 bits per heavy atom. The first kappa shape index (κ1) is 15.9. The Labute approximate surface area is 148 Å². The molecular formula is C18H14FN5O2. The summed E-state index contributed by atoms with van der Waals surface area (Å²) in [4.78, 5) is 21.8. The number of rotatable bonds is 4. The number of nitrogens with zero attached hydrogens (tertiary/aromatic N) is 4. The highest BCUT2D eigenvalue weighted by Crippen LogP contribution is 2.19. The molecule has 0 saturated heterocycles. The number of pyridine rings is 1. The highest BCUT2D eigenvalue weighted by Gasteiger charge is 2.29. The van der Waals surface area contributed by atoms with Crippen molar-refractivity contribution in [2.75, 3.05) is 5.32 Å². The molecule has 1 aliphatic heterocycles. The molecule has 3 aromatic rings.